The molecule has 2 atom stereocenters. The Morgan fingerprint density at radius 1 is 1.40 bits per heavy atom. The number of ether oxygens (including phenoxy) is 2. The first kappa shape index (κ1) is 10.4. The van der Waals surface area contributed by atoms with E-state index in [9.17, 15) is 0 Å². The van der Waals surface area contributed by atoms with E-state index in [0.717, 1.165) is 5.75 Å². The SMILES string of the molecule is CNC1NC(c2ccc(OC)cc2)CO1. The molecule has 0 amide bonds. The summed E-state index contributed by atoms with van der Waals surface area (Å²) in [5, 5.41) is 6.35. The average molecular weight is 208 g/mol. The molecule has 0 bridgehead atoms. The maximum Gasteiger partial charge on any atom is 0.163 e. The van der Waals surface area contributed by atoms with Crippen molar-refractivity contribution >= 4 is 0 Å². The summed E-state index contributed by atoms with van der Waals surface area (Å²) in [7, 11) is 3.54. The predicted octanol–water partition coefficient (Wildman–Crippen LogP) is 0.859. The maximum absolute atomic E-state index is 5.47. The minimum absolute atomic E-state index is 0.0444. The molecular weight excluding hydrogens is 192 g/mol. The number of nitrogens with one attached hydrogen (secondary N) is 2. The summed E-state index contributed by atoms with van der Waals surface area (Å²) >= 11 is 0. The van der Waals surface area contributed by atoms with Crippen LogP contribution in [0.5, 0.6) is 5.75 Å². The lowest BCUT2D eigenvalue weighted by molar-refractivity contribution is 0.0796. The Kier molecular flexibility index (Phi) is 3.20. The zero-order valence-electron chi connectivity index (χ0n) is 8.99. The van der Waals surface area contributed by atoms with Crippen molar-refractivity contribution in [3.05, 3.63) is 29.8 Å². The van der Waals surface area contributed by atoms with E-state index in [2.05, 4.69) is 22.8 Å². The molecule has 0 saturated carbocycles. The van der Waals surface area contributed by atoms with Gasteiger partial charge in [0.15, 0.2) is 6.35 Å². The first-order chi connectivity index (χ1) is 7.33. The van der Waals surface area contributed by atoms with Crippen LogP contribution in [-0.4, -0.2) is 27.1 Å². The van der Waals surface area contributed by atoms with Gasteiger partial charge in [0, 0.05) is 0 Å². The van der Waals surface area contributed by atoms with Crippen molar-refractivity contribution in [1.29, 1.82) is 0 Å². The lowest BCUT2D eigenvalue weighted by Crippen LogP contribution is -2.36. The predicted molar refractivity (Wildman–Crippen MR) is 57.7 cm³/mol. The number of hydrogen-bond acceptors (Lipinski definition) is 4. The van der Waals surface area contributed by atoms with E-state index < -0.39 is 0 Å². The normalized spacial score (nSPS) is 25.5. The van der Waals surface area contributed by atoms with Gasteiger partial charge in [-0.2, -0.15) is 0 Å². The van der Waals surface area contributed by atoms with Crippen molar-refractivity contribution in [2.24, 2.45) is 0 Å². The highest BCUT2D eigenvalue weighted by Gasteiger charge is 2.23. The van der Waals surface area contributed by atoms with Crippen LogP contribution in [0.2, 0.25) is 0 Å². The Morgan fingerprint density at radius 3 is 2.67 bits per heavy atom. The van der Waals surface area contributed by atoms with E-state index in [1.807, 2.05) is 19.2 Å². The van der Waals surface area contributed by atoms with Gasteiger partial charge in [0.1, 0.15) is 5.75 Å². The lowest BCUT2D eigenvalue weighted by atomic mass is 10.1. The molecule has 0 aliphatic carbocycles. The van der Waals surface area contributed by atoms with E-state index in [1.165, 1.54) is 5.56 Å². The fourth-order valence-corrected chi connectivity index (χ4v) is 1.67. The second kappa shape index (κ2) is 4.61. The molecule has 1 aliphatic rings. The van der Waals surface area contributed by atoms with Gasteiger partial charge < -0.3 is 9.47 Å². The summed E-state index contributed by atoms with van der Waals surface area (Å²) in [6.45, 7) is 0.692. The summed E-state index contributed by atoms with van der Waals surface area (Å²) in [4.78, 5) is 0. The topological polar surface area (TPSA) is 42.5 Å². The van der Waals surface area contributed by atoms with Crippen LogP contribution < -0.4 is 15.4 Å². The van der Waals surface area contributed by atoms with Crippen LogP contribution in [0.3, 0.4) is 0 Å². The lowest BCUT2D eigenvalue weighted by Gasteiger charge is -2.11. The van der Waals surface area contributed by atoms with Crippen LogP contribution in [0.1, 0.15) is 11.6 Å². The molecule has 1 saturated heterocycles. The van der Waals surface area contributed by atoms with E-state index in [1.54, 1.807) is 7.11 Å². The van der Waals surface area contributed by atoms with Crippen molar-refractivity contribution in [1.82, 2.24) is 10.6 Å². The number of rotatable bonds is 3. The first-order valence-electron chi connectivity index (χ1n) is 5.02. The molecule has 82 valence electrons. The van der Waals surface area contributed by atoms with Gasteiger partial charge in [0.25, 0.3) is 0 Å². The molecule has 1 aromatic rings. The highest BCUT2D eigenvalue weighted by atomic mass is 16.5. The summed E-state index contributed by atoms with van der Waals surface area (Å²) in [6.07, 6.45) is -0.0444. The Bertz CT molecular complexity index is 313. The summed E-state index contributed by atoms with van der Waals surface area (Å²) in [5.41, 5.74) is 1.22. The molecule has 2 rings (SSSR count). The fourth-order valence-electron chi connectivity index (χ4n) is 1.67. The second-order valence-corrected chi connectivity index (χ2v) is 3.49. The molecule has 2 unspecified atom stereocenters. The third kappa shape index (κ3) is 2.28. The molecule has 1 fully saturated rings. The minimum Gasteiger partial charge on any atom is -0.497 e. The molecule has 0 aromatic heterocycles. The molecule has 4 heteroatoms. The summed E-state index contributed by atoms with van der Waals surface area (Å²) in [5.74, 6) is 0.878. The number of methoxy groups -OCH3 is 1. The summed E-state index contributed by atoms with van der Waals surface area (Å²) < 4.78 is 10.6. The highest BCUT2D eigenvalue weighted by Crippen LogP contribution is 2.21. The molecular formula is C11H16N2O2. The Morgan fingerprint density at radius 2 is 2.13 bits per heavy atom. The van der Waals surface area contributed by atoms with Crippen LogP contribution in [-0.2, 0) is 4.74 Å². The van der Waals surface area contributed by atoms with Gasteiger partial charge >= 0.3 is 0 Å². The number of hydrogen-bond donors (Lipinski definition) is 2. The molecule has 1 aliphatic heterocycles. The molecule has 1 heterocycles. The smallest absolute Gasteiger partial charge is 0.163 e. The number of benzene rings is 1. The quantitative estimate of drug-likeness (QED) is 0.773. The van der Waals surface area contributed by atoms with Crippen LogP contribution >= 0.6 is 0 Å². The Labute approximate surface area is 89.6 Å². The maximum atomic E-state index is 5.47. The molecule has 15 heavy (non-hydrogen) atoms. The fraction of sp³-hybridized carbons (Fsp3) is 0.455. The van der Waals surface area contributed by atoms with Crippen LogP contribution in [0, 0.1) is 0 Å². The van der Waals surface area contributed by atoms with Gasteiger partial charge in [-0.25, -0.2) is 0 Å². The van der Waals surface area contributed by atoms with Gasteiger partial charge in [-0.1, -0.05) is 12.1 Å². The van der Waals surface area contributed by atoms with Gasteiger partial charge in [-0.15, -0.1) is 0 Å². The molecule has 4 nitrogen and oxygen atoms in total. The van der Waals surface area contributed by atoms with Crippen LogP contribution in [0.4, 0.5) is 0 Å². The van der Waals surface area contributed by atoms with Crippen LogP contribution in [0.25, 0.3) is 0 Å². The van der Waals surface area contributed by atoms with Crippen molar-refractivity contribution < 1.29 is 9.47 Å². The molecule has 0 radical (unpaired) electrons. The zero-order chi connectivity index (χ0) is 10.7. The standard InChI is InChI=1S/C11H16N2O2/c1-12-11-13-10(7-15-11)8-3-5-9(14-2)6-4-8/h3-6,10-13H,7H2,1-2H3. The second-order valence-electron chi connectivity index (χ2n) is 3.49. The van der Waals surface area contributed by atoms with Gasteiger partial charge in [0.2, 0.25) is 0 Å². The van der Waals surface area contributed by atoms with E-state index in [-0.39, 0.29) is 12.4 Å². The third-order valence-electron chi connectivity index (χ3n) is 2.56. The van der Waals surface area contributed by atoms with E-state index in [4.69, 9.17) is 9.47 Å². The van der Waals surface area contributed by atoms with Crippen molar-refractivity contribution in [3.63, 3.8) is 0 Å². The average Bonchev–Trinajstić information content (AvgIpc) is 2.78. The zero-order valence-corrected chi connectivity index (χ0v) is 8.99. The van der Waals surface area contributed by atoms with Gasteiger partial charge in [0.05, 0.1) is 19.8 Å². The van der Waals surface area contributed by atoms with Crippen molar-refractivity contribution in [2.75, 3.05) is 20.8 Å². The third-order valence-corrected chi connectivity index (χ3v) is 2.56. The Balaban J connectivity index is 2.04. The minimum atomic E-state index is -0.0444. The van der Waals surface area contributed by atoms with Gasteiger partial charge in [-0.05, 0) is 24.7 Å². The van der Waals surface area contributed by atoms with E-state index in [0.29, 0.717) is 6.61 Å². The molecule has 1 aromatic carbocycles. The Hall–Kier alpha value is -1.10. The van der Waals surface area contributed by atoms with Crippen molar-refractivity contribution in [2.45, 2.75) is 12.4 Å². The van der Waals surface area contributed by atoms with Crippen molar-refractivity contribution in [3.8, 4) is 5.75 Å². The molecule has 2 N–H and O–H groups in total. The first-order valence-corrected chi connectivity index (χ1v) is 5.02. The monoisotopic (exact) mass is 208 g/mol. The molecule has 0 spiro atoms. The highest BCUT2D eigenvalue weighted by molar-refractivity contribution is 5.29. The van der Waals surface area contributed by atoms with E-state index >= 15 is 0 Å². The largest absolute Gasteiger partial charge is 0.497 e. The van der Waals surface area contributed by atoms with Gasteiger partial charge in [-0.3, -0.25) is 10.6 Å². The van der Waals surface area contributed by atoms with Crippen LogP contribution in [0.15, 0.2) is 24.3 Å². The summed E-state index contributed by atoms with van der Waals surface area (Å²) in [6, 6.07) is 8.29.